The lowest BCUT2D eigenvalue weighted by molar-refractivity contribution is 0.0984. The first-order chi connectivity index (χ1) is 10.3. The Morgan fingerprint density at radius 2 is 1.81 bits per heavy atom. The van der Waals surface area contributed by atoms with Crippen LogP contribution in [0.3, 0.4) is 0 Å². The number of Topliss-reactive ketones (excluding diaryl/α,β-unsaturated/α-hetero) is 1. The van der Waals surface area contributed by atoms with E-state index in [4.69, 9.17) is 4.74 Å². The van der Waals surface area contributed by atoms with E-state index in [1.54, 1.807) is 0 Å². The summed E-state index contributed by atoms with van der Waals surface area (Å²) in [5.41, 5.74) is 1.88. The van der Waals surface area contributed by atoms with Gasteiger partial charge < -0.3 is 9.64 Å². The Morgan fingerprint density at radius 3 is 2.67 bits per heavy atom. The van der Waals surface area contributed by atoms with Crippen LogP contribution in [-0.4, -0.2) is 25.5 Å². The van der Waals surface area contributed by atoms with Crippen LogP contribution in [0.1, 0.15) is 23.2 Å². The highest BCUT2D eigenvalue weighted by Crippen LogP contribution is 2.30. The summed E-state index contributed by atoms with van der Waals surface area (Å²) in [4.78, 5) is 14.5. The number of carbonyl (C=O) groups is 1. The Kier molecular flexibility index (Phi) is 4.20. The topological polar surface area (TPSA) is 29.5 Å². The van der Waals surface area contributed by atoms with E-state index in [1.165, 1.54) is 0 Å². The predicted molar refractivity (Wildman–Crippen MR) is 84.2 cm³/mol. The molecular weight excluding hydrogens is 262 g/mol. The zero-order valence-corrected chi connectivity index (χ0v) is 12.0. The highest BCUT2D eigenvalue weighted by Gasteiger charge is 2.16. The second kappa shape index (κ2) is 6.44. The van der Waals surface area contributed by atoms with Crippen molar-refractivity contribution in [2.75, 3.05) is 24.6 Å². The first-order valence-electron chi connectivity index (χ1n) is 7.39. The van der Waals surface area contributed by atoms with Crippen LogP contribution in [0.2, 0.25) is 0 Å². The normalized spacial score (nSPS) is 14.0. The first kappa shape index (κ1) is 13.7. The lowest BCUT2D eigenvalue weighted by Crippen LogP contribution is -2.26. The minimum atomic E-state index is 0.193. The van der Waals surface area contributed by atoms with Crippen LogP contribution in [0, 0.1) is 0 Å². The van der Waals surface area contributed by atoms with Gasteiger partial charge in [0.05, 0.1) is 12.3 Å². The number of hydrogen-bond acceptors (Lipinski definition) is 3. The van der Waals surface area contributed by atoms with Gasteiger partial charge in [-0.05, 0) is 18.6 Å². The van der Waals surface area contributed by atoms with E-state index in [1.807, 2.05) is 48.5 Å². The molecule has 1 aliphatic heterocycles. The molecule has 3 rings (SSSR count). The monoisotopic (exact) mass is 281 g/mol. The summed E-state index contributed by atoms with van der Waals surface area (Å²) in [6.45, 7) is 2.40. The Hall–Kier alpha value is -2.29. The van der Waals surface area contributed by atoms with Crippen molar-refractivity contribution >= 4 is 11.5 Å². The summed E-state index contributed by atoms with van der Waals surface area (Å²) in [5.74, 6) is 1.11. The Balaban J connectivity index is 1.69. The quantitative estimate of drug-likeness (QED) is 0.803. The summed E-state index contributed by atoms with van der Waals surface area (Å²) in [6.07, 6.45) is 1.51. The molecule has 3 nitrogen and oxygen atoms in total. The number of fused-ring (bicyclic) bond motifs is 1. The third-order valence-electron chi connectivity index (χ3n) is 3.74. The van der Waals surface area contributed by atoms with Crippen LogP contribution in [0.25, 0.3) is 0 Å². The van der Waals surface area contributed by atoms with Crippen molar-refractivity contribution in [3.05, 3.63) is 60.2 Å². The molecular formula is C18H19NO2. The smallest absolute Gasteiger partial charge is 0.164 e. The van der Waals surface area contributed by atoms with Gasteiger partial charge in [-0.15, -0.1) is 0 Å². The second-order valence-corrected chi connectivity index (χ2v) is 5.20. The molecule has 0 spiro atoms. The van der Waals surface area contributed by atoms with Gasteiger partial charge in [0.25, 0.3) is 0 Å². The van der Waals surface area contributed by atoms with Crippen LogP contribution in [-0.2, 0) is 0 Å². The van der Waals surface area contributed by atoms with Gasteiger partial charge >= 0.3 is 0 Å². The van der Waals surface area contributed by atoms with E-state index in [0.717, 1.165) is 43.1 Å². The van der Waals surface area contributed by atoms with Crippen molar-refractivity contribution in [2.24, 2.45) is 0 Å². The van der Waals surface area contributed by atoms with Gasteiger partial charge in [-0.1, -0.05) is 42.5 Å². The summed E-state index contributed by atoms with van der Waals surface area (Å²) in [6, 6.07) is 17.5. The molecule has 0 radical (unpaired) electrons. The maximum absolute atomic E-state index is 12.2. The Morgan fingerprint density at radius 1 is 1.05 bits per heavy atom. The Bertz CT molecular complexity index is 610. The molecule has 3 heteroatoms. The van der Waals surface area contributed by atoms with E-state index >= 15 is 0 Å². The molecule has 0 saturated carbocycles. The maximum Gasteiger partial charge on any atom is 0.164 e. The molecule has 0 aromatic heterocycles. The van der Waals surface area contributed by atoms with Crippen molar-refractivity contribution in [3.63, 3.8) is 0 Å². The number of benzene rings is 2. The fourth-order valence-electron chi connectivity index (χ4n) is 2.64. The van der Waals surface area contributed by atoms with Gasteiger partial charge in [0, 0.05) is 25.1 Å². The molecule has 0 unspecified atom stereocenters. The zero-order chi connectivity index (χ0) is 14.5. The van der Waals surface area contributed by atoms with Gasteiger partial charge in [0.1, 0.15) is 5.75 Å². The molecule has 0 atom stereocenters. The minimum Gasteiger partial charge on any atom is -0.491 e. The van der Waals surface area contributed by atoms with E-state index in [9.17, 15) is 4.79 Å². The standard InChI is InChI=1S/C18H19NO2/c20-17(15-7-2-1-3-8-15)11-13-19-12-6-14-21-18-10-5-4-9-16(18)19/h1-5,7-10H,6,11-14H2. The summed E-state index contributed by atoms with van der Waals surface area (Å²) >= 11 is 0. The van der Waals surface area contributed by atoms with Gasteiger partial charge in [-0.2, -0.15) is 0 Å². The fraction of sp³-hybridized carbons (Fsp3) is 0.278. The molecule has 2 aromatic carbocycles. The predicted octanol–water partition coefficient (Wildman–Crippen LogP) is 3.55. The zero-order valence-electron chi connectivity index (χ0n) is 12.0. The van der Waals surface area contributed by atoms with E-state index < -0.39 is 0 Å². The lowest BCUT2D eigenvalue weighted by Gasteiger charge is -2.23. The molecule has 0 saturated heterocycles. The summed E-state index contributed by atoms with van der Waals surface area (Å²) in [5, 5.41) is 0. The van der Waals surface area contributed by atoms with Gasteiger partial charge in [0.2, 0.25) is 0 Å². The van der Waals surface area contributed by atoms with Gasteiger partial charge in [0.15, 0.2) is 5.78 Å². The van der Waals surface area contributed by atoms with E-state index in [0.29, 0.717) is 6.42 Å². The highest BCUT2D eigenvalue weighted by atomic mass is 16.5. The largest absolute Gasteiger partial charge is 0.491 e. The third-order valence-corrected chi connectivity index (χ3v) is 3.74. The number of rotatable bonds is 4. The van der Waals surface area contributed by atoms with Gasteiger partial charge in [-0.3, -0.25) is 4.79 Å². The van der Waals surface area contributed by atoms with E-state index in [2.05, 4.69) is 11.0 Å². The third kappa shape index (κ3) is 3.24. The van der Waals surface area contributed by atoms with Crippen molar-refractivity contribution in [1.29, 1.82) is 0 Å². The molecule has 0 N–H and O–H groups in total. The average Bonchev–Trinajstić information content (AvgIpc) is 2.76. The second-order valence-electron chi connectivity index (χ2n) is 5.20. The van der Waals surface area contributed by atoms with Crippen LogP contribution in [0.5, 0.6) is 5.75 Å². The molecule has 1 heterocycles. The van der Waals surface area contributed by atoms with Crippen LogP contribution < -0.4 is 9.64 Å². The SMILES string of the molecule is O=C(CCN1CCCOc2ccccc21)c1ccccc1. The maximum atomic E-state index is 12.2. The molecule has 0 fully saturated rings. The lowest BCUT2D eigenvalue weighted by atomic mass is 10.1. The number of para-hydroxylation sites is 2. The number of ketones is 1. The molecule has 2 aromatic rings. The van der Waals surface area contributed by atoms with Crippen LogP contribution in [0.4, 0.5) is 5.69 Å². The Labute approximate surface area is 125 Å². The number of ether oxygens (including phenoxy) is 1. The average molecular weight is 281 g/mol. The molecule has 0 amide bonds. The number of anilines is 1. The molecule has 0 bridgehead atoms. The highest BCUT2D eigenvalue weighted by molar-refractivity contribution is 5.96. The number of nitrogens with zero attached hydrogens (tertiary/aromatic N) is 1. The first-order valence-corrected chi connectivity index (χ1v) is 7.39. The number of carbonyl (C=O) groups excluding carboxylic acids is 1. The van der Waals surface area contributed by atoms with Crippen LogP contribution >= 0.6 is 0 Å². The minimum absolute atomic E-state index is 0.193. The summed E-state index contributed by atoms with van der Waals surface area (Å²) in [7, 11) is 0. The van der Waals surface area contributed by atoms with Crippen molar-refractivity contribution in [2.45, 2.75) is 12.8 Å². The summed E-state index contributed by atoms with van der Waals surface area (Å²) < 4.78 is 5.74. The number of hydrogen-bond donors (Lipinski definition) is 0. The van der Waals surface area contributed by atoms with Crippen molar-refractivity contribution in [3.8, 4) is 5.75 Å². The fourth-order valence-corrected chi connectivity index (χ4v) is 2.64. The van der Waals surface area contributed by atoms with Crippen LogP contribution in [0.15, 0.2) is 54.6 Å². The molecule has 0 aliphatic carbocycles. The van der Waals surface area contributed by atoms with Gasteiger partial charge in [-0.25, -0.2) is 0 Å². The van der Waals surface area contributed by atoms with Crippen molar-refractivity contribution in [1.82, 2.24) is 0 Å². The van der Waals surface area contributed by atoms with E-state index in [-0.39, 0.29) is 5.78 Å². The molecule has 108 valence electrons. The molecule has 1 aliphatic rings. The van der Waals surface area contributed by atoms with Crippen molar-refractivity contribution < 1.29 is 9.53 Å². The molecule has 21 heavy (non-hydrogen) atoms.